The predicted molar refractivity (Wildman–Crippen MR) is 88.9 cm³/mol. The van der Waals surface area contributed by atoms with Crippen LogP contribution in [0.3, 0.4) is 0 Å². The molecule has 0 saturated heterocycles. The van der Waals surface area contributed by atoms with Gasteiger partial charge in [-0.1, -0.05) is 0 Å². The number of nitrogens with one attached hydrogen (secondary N) is 1. The fourth-order valence-electron chi connectivity index (χ4n) is 2.82. The highest BCUT2D eigenvalue weighted by Gasteiger charge is 2.23. The average molecular weight is 293 g/mol. The second-order valence-corrected chi connectivity index (χ2v) is 6.40. The van der Waals surface area contributed by atoms with Crippen LogP contribution in [0, 0.1) is 6.92 Å². The van der Waals surface area contributed by atoms with Crippen molar-refractivity contribution in [2.75, 3.05) is 38.6 Å². The third-order valence-electron chi connectivity index (χ3n) is 4.17. The molecule has 21 heavy (non-hydrogen) atoms. The molecule has 5 heteroatoms. The van der Waals surface area contributed by atoms with Crippen molar-refractivity contribution in [3.8, 4) is 0 Å². The Kier molecular flexibility index (Phi) is 5.65. The van der Waals surface area contributed by atoms with E-state index in [1.165, 1.54) is 30.6 Å². The van der Waals surface area contributed by atoms with Gasteiger partial charge >= 0.3 is 0 Å². The van der Waals surface area contributed by atoms with Gasteiger partial charge in [-0.2, -0.15) is 5.10 Å². The van der Waals surface area contributed by atoms with Crippen LogP contribution in [-0.2, 0) is 13.6 Å². The van der Waals surface area contributed by atoms with E-state index in [9.17, 15) is 0 Å². The van der Waals surface area contributed by atoms with Gasteiger partial charge in [0.05, 0.1) is 5.69 Å². The van der Waals surface area contributed by atoms with Gasteiger partial charge in [0, 0.05) is 38.3 Å². The minimum absolute atomic E-state index is 0.737. The smallest absolute Gasteiger partial charge is 0.131 e. The topological polar surface area (TPSA) is 36.3 Å². The first-order valence-electron chi connectivity index (χ1n) is 8.18. The van der Waals surface area contributed by atoms with E-state index in [1.54, 1.807) is 0 Å². The molecule has 0 aliphatic heterocycles. The van der Waals surface area contributed by atoms with Gasteiger partial charge in [0.2, 0.25) is 0 Å². The number of hydrogen-bond donors (Lipinski definition) is 1. The second kappa shape index (κ2) is 7.27. The second-order valence-electron chi connectivity index (χ2n) is 6.40. The van der Waals surface area contributed by atoms with Crippen molar-refractivity contribution in [3.63, 3.8) is 0 Å². The van der Waals surface area contributed by atoms with E-state index >= 15 is 0 Å². The molecule has 1 aliphatic rings. The lowest BCUT2D eigenvalue weighted by Gasteiger charge is -2.25. The quantitative estimate of drug-likeness (QED) is 0.753. The summed E-state index contributed by atoms with van der Waals surface area (Å²) in [6.45, 7) is 8.55. The van der Waals surface area contributed by atoms with Crippen LogP contribution in [0.4, 0.5) is 5.82 Å². The minimum atomic E-state index is 0.737. The van der Waals surface area contributed by atoms with Gasteiger partial charge in [0.25, 0.3) is 0 Å². The summed E-state index contributed by atoms with van der Waals surface area (Å²) in [6, 6.07) is 0.737. The fourth-order valence-corrected chi connectivity index (χ4v) is 2.82. The minimum Gasteiger partial charge on any atom is -0.357 e. The van der Waals surface area contributed by atoms with E-state index in [0.29, 0.717) is 0 Å². The van der Waals surface area contributed by atoms with Crippen LogP contribution in [-0.4, -0.2) is 54.5 Å². The van der Waals surface area contributed by atoms with Gasteiger partial charge < -0.3 is 15.1 Å². The van der Waals surface area contributed by atoms with Gasteiger partial charge in [0.1, 0.15) is 5.82 Å². The van der Waals surface area contributed by atoms with Crippen molar-refractivity contribution in [1.82, 2.24) is 20.0 Å². The first-order chi connectivity index (χ1) is 10.0. The van der Waals surface area contributed by atoms with Gasteiger partial charge in [0.15, 0.2) is 0 Å². The van der Waals surface area contributed by atoms with Crippen molar-refractivity contribution in [1.29, 1.82) is 0 Å². The lowest BCUT2D eigenvalue weighted by atomic mass is 10.2. The Bertz CT molecular complexity index is 448. The Morgan fingerprint density at radius 1 is 1.29 bits per heavy atom. The Labute approximate surface area is 129 Å². The monoisotopic (exact) mass is 293 g/mol. The molecule has 1 N–H and O–H groups in total. The molecule has 120 valence electrons. The van der Waals surface area contributed by atoms with Crippen LogP contribution in [0.2, 0.25) is 0 Å². The third-order valence-corrected chi connectivity index (χ3v) is 4.17. The van der Waals surface area contributed by atoms with Crippen LogP contribution < -0.4 is 10.2 Å². The molecule has 0 atom stereocenters. The standard InChI is InChI=1S/C16H31N5/c1-6-21(11-7-10-19(3)4)16-15(12-17-14-8-9-14)13(2)18-20(16)5/h14,17H,6-12H2,1-5H3. The summed E-state index contributed by atoms with van der Waals surface area (Å²) < 4.78 is 2.05. The summed E-state index contributed by atoms with van der Waals surface area (Å²) in [5.41, 5.74) is 2.53. The molecule has 0 unspecified atom stereocenters. The van der Waals surface area contributed by atoms with Crippen LogP contribution in [0.25, 0.3) is 0 Å². The van der Waals surface area contributed by atoms with Gasteiger partial charge in [-0.3, -0.25) is 4.68 Å². The van der Waals surface area contributed by atoms with Crippen molar-refractivity contribution < 1.29 is 0 Å². The molecule has 1 aromatic heterocycles. The Morgan fingerprint density at radius 2 is 2.00 bits per heavy atom. The SMILES string of the molecule is CCN(CCCN(C)C)c1c(CNC2CC2)c(C)nn1C. The zero-order valence-corrected chi connectivity index (χ0v) is 14.3. The van der Waals surface area contributed by atoms with Crippen molar-refractivity contribution in [2.24, 2.45) is 7.05 Å². The molecule has 0 aromatic carbocycles. The van der Waals surface area contributed by atoms with Crippen LogP contribution in [0.1, 0.15) is 37.4 Å². The maximum Gasteiger partial charge on any atom is 0.131 e. The fraction of sp³-hybridized carbons (Fsp3) is 0.812. The van der Waals surface area contributed by atoms with E-state index in [0.717, 1.165) is 37.9 Å². The molecular formula is C16H31N5. The molecule has 0 spiro atoms. The summed E-state index contributed by atoms with van der Waals surface area (Å²) in [5.74, 6) is 1.29. The molecule has 1 saturated carbocycles. The maximum atomic E-state index is 4.65. The maximum absolute atomic E-state index is 4.65. The van der Waals surface area contributed by atoms with Crippen molar-refractivity contribution in [3.05, 3.63) is 11.3 Å². The van der Waals surface area contributed by atoms with E-state index in [1.807, 2.05) is 0 Å². The highest BCUT2D eigenvalue weighted by atomic mass is 15.4. The molecule has 0 radical (unpaired) electrons. The molecule has 5 nitrogen and oxygen atoms in total. The van der Waals surface area contributed by atoms with Gasteiger partial charge in [-0.25, -0.2) is 0 Å². The lowest BCUT2D eigenvalue weighted by Crippen LogP contribution is -2.30. The highest BCUT2D eigenvalue weighted by molar-refractivity contribution is 5.50. The first-order valence-corrected chi connectivity index (χ1v) is 8.18. The summed E-state index contributed by atoms with van der Waals surface area (Å²) in [5, 5.41) is 8.28. The van der Waals surface area contributed by atoms with Gasteiger partial charge in [-0.15, -0.1) is 0 Å². The number of aromatic nitrogens is 2. The van der Waals surface area contributed by atoms with Crippen molar-refractivity contribution in [2.45, 2.75) is 45.7 Å². The molecule has 1 aliphatic carbocycles. The first kappa shape index (κ1) is 16.3. The van der Waals surface area contributed by atoms with E-state index in [2.05, 4.69) is 59.9 Å². The number of rotatable bonds is 9. The molecule has 1 fully saturated rings. The summed E-state index contributed by atoms with van der Waals surface area (Å²) in [7, 11) is 6.34. The zero-order valence-electron chi connectivity index (χ0n) is 14.3. The van der Waals surface area contributed by atoms with Gasteiger partial charge in [-0.05, 0) is 53.8 Å². The number of hydrogen-bond acceptors (Lipinski definition) is 4. The normalized spacial score (nSPS) is 15.0. The summed E-state index contributed by atoms with van der Waals surface area (Å²) in [6.07, 6.45) is 3.84. The molecular weight excluding hydrogens is 262 g/mol. The predicted octanol–water partition coefficient (Wildman–Crippen LogP) is 1.76. The van der Waals surface area contributed by atoms with Crippen LogP contribution in [0.15, 0.2) is 0 Å². The average Bonchev–Trinajstić information content (AvgIpc) is 3.19. The zero-order chi connectivity index (χ0) is 15.4. The third kappa shape index (κ3) is 4.45. The van der Waals surface area contributed by atoms with E-state index in [4.69, 9.17) is 0 Å². The Balaban J connectivity index is 2.06. The molecule has 0 amide bonds. The summed E-state index contributed by atoms with van der Waals surface area (Å²) >= 11 is 0. The van der Waals surface area contributed by atoms with E-state index in [-0.39, 0.29) is 0 Å². The molecule has 2 rings (SSSR count). The summed E-state index contributed by atoms with van der Waals surface area (Å²) in [4.78, 5) is 4.71. The van der Waals surface area contributed by atoms with Crippen LogP contribution >= 0.6 is 0 Å². The molecule has 0 bridgehead atoms. The van der Waals surface area contributed by atoms with Crippen LogP contribution in [0.5, 0.6) is 0 Å². The number of anilines is 1. The highest BCUT2D eigenvalue weighted by Crippen LogP contribution is 2.25. The number of nitrogens with zero attached hydrogens (tertiary/aromatic N) is 4. The van der Waals surface area contributed by atoms with E-state index < -0.39 is 0 Å². The molecule has 1 heterocycles. The molecule has 1 aromatic rings. The Morgan fingerprint density at radius 3 is 2.57 bits per heavy atom. The van der Waals surface area contributed by atoms with Crippen molar-refractivity contribution >= 4 is 5.82 Å². The largest absolute Gasteiger partial charge is 0.357 e. The Hall–Kier alpha value is -1.07. The lowest BCUT2D eigenvalue weighted by molar-refractivity contribution is 0.400. The number of aryl methyl sites for hydroxylation is 2.